The van der Waals surface area contributed by atoms with Gasteiger partial charge in [-0.05, 0) is 31.4 Å². The van der Waals surface area contributed by atoms with Gasteiger partial charge in [0.05, 0.1) is 11.3 Å². The Morgan fingerprint density at radius 1 is 1.45 bits per heavy atom. The maximum absolute atomic E-state index is 10.2. The van der Waals surface area contributed by atoms with E-state index in [0.717, 1.165) is 22.3 Å². The maximum atomic E-state index is 10.2. The minimum absolute atomic E-state index is 0.219. The Labute approximate surface area is 120 Å². The second kappa shape index (κ2) is 5.50. The number of nitrogens with zero attached hydrogens (tertiary/aromatic N) is 3. The van der Waals surface area contributed by atoms with E-state index < -0.39 is 5.60 Å². The van der Waals surface area contributed by atoms with Crippen molar-refractivity contribution >= 4 is 11.0 Å². The molecule has 2 aromatic rings. The average Bonchev–Trinajstić information content (AvgIpc) is 2.64. The fourth-order valence-corrected chi connectivity index (χ4v) is 2.11. The second-order valence-electron chi connectivity index (χ2n) is 6.04. The number of hydrogen-bond donors (Lipinski definition) is 2. The topological polar surface area (TPSA) is 63.0 Å². The maximum Gasteiger partial charge on any atom is 0.157 e. The van der Waals surface area contributed by atoms with E-state index in [2.05, 4.69) is 21.5 Å². The van der Waals surface area contributed by atoms with E-state index in [9.17, 15) is 5.11 Å². The van der Waals surface area contributed by atoms with Crippen LogP contribution in [0.5, 0.6) is 0 Å². The molecule has 0 amide bonds. The van der Waals surface area contributed by atoms with Crippen LogP contribution in [0.4, 0.5) is 0 Å². The zero-order valence-corrected chi connectivity index (χ0v) is 12.9. The fourth-order valence-electron chi connectivity index (χ4n) is 2.11. The molecule has 0 aliphatic carbocycles. The smallest absolute Gasteiger partial charge is 0.157 e. The molecular formula is C15H24N4O. The third-order valence-electron chi connectivity index (χ3n) is 3.98. The molecule has 20 heavy (non-hydrogen) atoms. The number of rotatable bonds is 5. The van der Waals surface area contributed by atoms with Crippen molar-refractivity contribution < 1.29 is 5.11 Å². The van der Waals surface area contributed by atoms with Crippen LogP contribution in [0.15, 0.2) is 12.3 Å². The third-order valence-corrected chi connectivity index (χ3v) is 3.98. The van der Waals surface area contributed by atoms with E-state index in [4.69, 9.17) is 0 Å². The number of aromatic nitrogens is 3. The van der Waals surface area contributed by atoms with Gasteiger partial charge in [-0.1, -0.05) is 13.8 Å². The predicted octanol–water partition coefficient (Wildman–Crippen LogP) is 1.77. The average molecular weight is 276 g/mol. The first-order chi connectivity index (χ1) is 9.31. The van der Waals surface area contributed by atoms with Gasteiger partial charge in [-0.15, -0.1) is 0 Å². The fraction of sp³-hybridized carbons (Fsp3) is 0.600. The molecule has 1 atom stereocenters. The molecule has 2 N–H and O–H groups in total. The molecule has 5 nitrogen and oxygen atoms in total. The highest BCUT2D eigenvalue weighted by molar-refractivity contribution is 5.78. The Balaban J connectivity index is 2.06. The van der Waals surface area contributed by atoms with Crippen LogP contribution in [0, 0.1) is 12.8 Å². The van der Waals surface area contributed by atoms with Gasteiger partial charge in [0.2, 0.25) is 0 Å². The Morgan fingerprint density at radius 2 is 2.15 bits per heavy atom. The largest absolute Gasteiger partial charge is 0.389 e. The van der Waals surface area contributed by atoms with Gasteiger partial charge in [0.25, 0.3) is 0 Å². The van der Waals surface area contributed by atoms with Crippen molar-refractivity contribution in [3.63, 3.8) is 0 Å². The lowest BCUT2D eigenvalue weighted by atomic mass is 9.92. The molecular weight excluding hydrogens is 252 g/mol. The van der Waals surface area contributed by atoms with Gasteiger partial charge in [-0.3, -0.25) is 4.68 Å². The molecule has 0 aliphatic heterocycles. The van der Waals surface area contributed by atoms with Crippen molar-refractivity contribution in [1.82, 2.24) is 20.1 Å². The zero-order valence-electron chi connectivity index (χ0n) is 12.9. The normalized spacial score (nSPS) is 14.9. The van der Waals surface area contributed by atoms with Crippen LogP contribution in [-0.4, -0.2) is 32.0 Å². The van der Waals surface area contributed by atoms with Crippen molar-refractivity contribution in [3.05, 3.63) is 23.5 Å². The summed E-state index contributed by atoms with van der Waals surface area (Å²) in [7, 11) is 1.90. The summed E-state index contributed by atoms with van der Waals surface area (Å²) in [6.45, 7) is 9.15. The molecule has 0 saturated carbocycles. The minimum atomic E-state index is -0.693. The highest BCUT2D eigenvalue weighted by Gasteiger charge is 2.23. The van der Waals surface area contributed by atoms with Crippen LogP contribution in [-0.2, 0) is 13.6 Å². The zero-order chi connectivity index (χ0) is 14.9. The summed E-state index contributed by atoms with van der Waals surface area (Å²) in [4.78, 5) is 4.45. The predicted molar refractivity (Wildman–Crippen MR) is 80.4 cm³/mol. The van der Waals surface area contributed by atoms with E-state index in [1.807, 2.05) is 40.9 Å². The molecule has 2 rings (SSSR count). The molecule has 2 aromatic heterocycles. The number of pyridine rings is 1. The highest BCUT2D eigenvalue weighted by Crippen LogP contribution is 2.17. The highest BCUT2D eigenvalue weighted by atomic mass is 16.3. The lowest BCUT2D eigenvalue weighted by Crippen LogP contribution is -2.41. The molecule has 2 heterocycles. The molecule has 0 aliphatic rings. The lowest BCUT2D eigenvalue weighted by molar-refractivity contribution is 0.0140. The molecule has 0 bridgehead atoms. The lowest BCUT2D eigenvalue weighted by Gasteiger charge is -2.27. The number of aliphatic hydroxyl groups is 1. The summed E-state index contributed by atoms with van der Waals surface area (Å²) in [6, 6.07) is 2.11. The molecule has 0 radical (unpaired) electrons. The number of fused-ring (bicyclic) bond motifs is 1. The Kier molecular flexibility index (Phi) is 4.11. The second-order valence-corrected chi connectivity index (χ2v) is 6.04. The Morgan fingerprint density at radius 3 is 2.80 bits per heavy atom. The van der Waals surface area contributed by atoms with Crippen molar-refractivity contribution in [2.24, 2.45) is 13.0 Å². The summed E-state index contributed by atoms with van der Waals surface area (Å²) in [5.74, 6) is 0.219. The van der Waals surface area contributed by atoms with Gasteiger partial charge in [-0.2, -0.15) is 5.10 Å². The van der Waals surface area contributed by atoms with Gasteiger partial charge < -0.3 is 10.4 Å². The van der Waals surface area contributed by atoms with Crippen molar-refractivity contribution in [2.75, 3.05) is 6.54 Å². The first-order valence-corrected chi connectivity index (χ1v) is 7.02. The van der Waals surface area contributed by atoms with E-state index in [1.165, 1.54) is 0 Å². The SMILES string of the molecule is Cc1nn(C)c2ncc(CNCC(C)(O)C(C)C)cc12. The van der Waals surface area contributed by atoms with Crippen LogP contribution >= 0.6 is 0 Å². The molecule has 0 spiro atoms. The monoisotopic (exact) mass is 276 g/mol. The van der Waals surface area contributed by atoms with Gasteiger partial charge in [0, 0.05) is 31.7 Å². The molecule has 110 valence electrons. The van der Waals surface area contributed by atoms with E-state index >= 15 is 0 Å². The van der Waals surface area contributed by atoms with Crippen LogP contribution < -0.4 is 5.32 Å². The summed E-state index contributed by atoms with van der Waals surface area (Å²) in [6.07, 6.45) is 1.86. The van der Waals surface area contributed by atoms with Gasteiger partial charge in [0.15, 0.2) is 5.65 Å². The minimum Gasteiger partial charge on any atom is -0.389 e. The van der Waals surface area contributed by atoms with E-state index in [0.29, 0.717) is 13.1 Å². The van der Waals surface area contributed by atoms with Crippen molar-refractivity contribution in [3.8, 4) is 0 Å². The first kappa shape index (κ1) is 14.9. The summed E-state index contributed by atoms with van der Waals surface area (Å²) in [5, 5.41) is 18.9. The summed E-state index contributed by atoms with van der Waals surface area (Å²) >= 11 is 0. The van der Waals surface area contributed by atoms with Gasteiger partial charge in [-0.25, -0.2) is 4.98 Å². The van der Waals surface area contributed by atoms with Crippen molar-refractivity contribution in [1.29, 1.82) is 0 Å². The van der Waals surface area contributed by atoms with Crippen molar-refractivity contribution in [2.45, 2.75) is 39.8 Å². The third kappa shape index (κ3) is 2.99. The summed E-state index contributed by atoms with van der Waals surface area (Å²) in [5.41, 5.74) is 2.31. The van der Waals surface area contributed by atoms with Gasteiger partial charge in [0.1, 0.15) is 0 Å². The number of hydrogen-bond acceptors (Lipinski definition) is 4. The first-order valence-electron chi connectivity index (χ1n) is 7.02. The summed E-state index contributed by atoms with van der Waals surface area (Å²) < 4.78 is 1.80. The van der Waals surface area contributed by atoms with Crippen LogP contribution in [0.1, 0.15) is 32.0 Å². The number of aryl methyl sites for hydroxylation is 2. The quantitative estimate of drug-likeness (QED) is 0.873. The van der Waals surface area contributed by atoms with Crippen LogP contribution in [0.25, 0.3) is 11.0 Å². The van der Waals surface area contributed by atoms with Crippen LogP contribution in [0.2, 0.25) is 0 Å². The van der Waals surface area contributed by atoms with E-state index in [-0.39, 0.29) is 5.92 Å². The molecule has 0 aromatic carbocycles. The molecule has 0 fully saturated rings. The van der Waals surface area contributed by atoms with Crippen LogP contribution in [0.3, 0.4) is 0 Å². The Bertz CT molecular complexity index is 601. The molecule has 1 unspecified atom stereocenters. The number of nitrogens with one attached hydrogen (secondary N) is 1. The van der Waals surface area contributed by atoms with E-state index in [1.54, 1.807) is 4.68 Å². The molecule has 0 saturated heterocycles. The standard InChI is InChI=1S/C15H24N4O/c1-10(2)15(4,20)9-16-7-12-6-13-11(3)18-19(5)14(13)17-8-12/h6,8,10,16,20H,7,9H2,1-5H3. The Hall–Kier alpha value is -1.46. The van der Waals surface area contributed by atoms with Gasteiger partial charge >= 0.3 is 0 Å². The molecule has 5 heteroatoms.